The number of hydrogen-bond donors (Lipinski definition) is 0. The molecule has 1 unspecified atom stereocenters. The molecule has 0 saturated carbocycles. The van der Waals surface area contributed by atoms with Gasteiger partial charge in [0.25, 0.3) is 0 Å². The summed E-state index contributed by atoms with van der Waals surface area (Å²) in [4.78, 5) is 0. The lowest BCUT2D eigenvalue weighted by Gasteiger charge is -2.09. The van der Waals surface area contributed by atoms with Gasteiger partial charge in [0, 0.05) is 6.61 Å². The highest BCUT2D eigenvalue weighted by Crippen LogP contribution is 2.00. The molecule has 0 aromatic carbocycles. The van der Waals surface area contributed by atoms with Gasteiger partial charge in [0.1, 0.15) is 0 Å². The van der Waals surface area contributed by atoms with Crippen LogP contribution < -0.4 is 0 Å². The Morgan fingerprint density at radius 3 is 2.67 bits per heavy atom. The maximum Gasteiger partial charge on any atom is 0.0547 e. The lowest BCUT2D eigenvalue weighted by Crippen LogP contribution is -2.07. The second kappa shape index (κ2) is 6.09. The molecule has 0 aromatic rings. The second-order valence-corrected chi connectivity index (χ2v) is 2.32. The first-order valence-corrected chi connectivity index (χ1v) is 3.72. The summed E-state index contributed by atoms with van der Waals surface area (Å²) >= 11 is 0. The normalized spacial score (nSPS) is 13.7. The highest BCUT2D eigenvalue weighted by Gasteiger charge is 1.96. The molecule has 1 nitrogen and oxygen atoms in total. The summed E-state index contributed by atoms with van der Waals surface area (Å²) in [5.74, 6) is 0. The average Bonchev–Trinajstić information content (AvgIpc) is 1.85. The predicted molar refractivity (Wildman–Crippen MR) is 40.3 cm³/mol. The topological polar surface area (TPSA) is 9.23 Å². The summed E-state index contributed by atoms with van der Waals surface area (Å²) in [7, 11) is 0. The molecule has 0 amide bonds. The van der Waals surface area contributed by atoms with Crippen molar-refractivity contribution >= 4 is 0 Å². The summed E-state index contributed by atoms with van der Waals surface area (Å²) in [6.07, 6.45) is 3.58. The molecule has 0 bridgehead atoms. The van der Waals surface area contributed by atoms with Crippen LogP contribution >= 0.6 is 0 Å². The van der Waals surface area contributed by atoms with Crippen LogP contribution in [0.15, 0.2) is 0 Å². The summed E-state index contributed by atoms with van der Waals surface area (Å²) < 4.78 is 5.39. The van der Waals surface area contributed by atoms with Crippen LogP contribution in [0.5, 0.6) is 0 Å². The van der Waals surface area contributed by atoms with Crippen LogP contribution in [-0.2, 0) is 4.74 Å². The molecule has 0 aliphatic heterocycles. The second-order valence-electron chi connectivity index (χ2n) is 2.32. The highest BCUT2D eigenvalue weighted by atomic mass is 16.5. The molecular weight excluding hydrogens is 112 g/mol. The molecule has 0 spiro atoms. The predicted octanol–water partition coefficient (Wildman–Crippen LogP) is 2.42. The Hall–Kier alpha value is -0.0400. The fourth-order valence-electron chi connectivity index (χ4n) is 0.690. The standard InChI is InChI=1S/C8H17O/c1-4-6-8(3)9-7-5-2/h8H,1,4-7H2,2-3H3. The molecule has 0 heterocycles. The van der Waals surface area contributed by atoms with Crippen LogP contribution in [0.3, 0.4) is 0 Å². The van der Waals surface area contributed by atoms with Crippen LogP contribution in [0.2, 0.25) is 0 Å². The third-order valence-corrected chi connectivity index (χ3v) is 1.22. The van der Waals surface area contributed by atoms with Crippen molar-refractivity contribution in [3.05, 3.63) is 6.92 Å². The number of ether oxygens (including phenoxy) is 1. The zero-order valence-corrected chi connectivity index (χ0v) is 6.52. The Bertz CT molecular complexity index is 52.5. The van der Waals surface area contributed by atoms with E-state index >= 15 is 0 Å². The monoisotopic (exact) mass is 129 g/mol. The van der Waals surface area contributed by atoms with Crippen molar-refractivity contribution in [3.8, 4) is 0 Å². The van der Waals surface area contributed by atoms with Crippen LogP contribution in [-0.4, -0.2) is 12.7 Å². The largest absolute Gasteiger partial charge is 0.379 e. The van der Waals surface area contributed by atoms with E-state index in [1.807, 2.05) is 0 Å². The van der Waals surface area contributed by atoms with Crippen molar-refractivity contribution in [3.63, 3.8) is 0 Å². The molecular formula is C8H17O. The molecule has 55 valence electrons. The van der Waals surface area contributed by atoms with Gasteiger partial charge in [-0.15, -0.1) is 0 Å². The first-order chi connectivity index (χ1) is 4.31. The summed E-state index contributed by atoms with van der Waals surface area (Å²) in [6.45, 7) is 8.86. The molecule has 1 radical (unpaired) electrons. The molecule has 1 atom stereocenters. The van der Waals surface area contributed by atoms with Crippen molar-refractivity contribution in [2.45, 2.75) is 39.2 Å². The lowest BCUT2D eigenvalue weighted by molar-refractivity contribution is 0.0614. The number of rotatable bonds is 5. The molecule has 0 N–H and O–H groups in total. The Morgan fingerprint density at radius 1 is 1.56 bits per heavy atom. The molecule has 9 heavy (non-hydrogen) atoms. The maximum atomic E-state index is 5.39. The smallest absolute Gasteiger partial charge is 0.0547 e. The van der Waals surface area contributed by atoms with Gasteiger partial charge >= 0.3 is 0 Å². The Balaban J connectivity index is 2.95. The van der Waals surface area contributed by atoms with E-state index in [1.54, 1.807) is 0 Å². The molecule has 0 aliphatic rings. The number of hydrogen-bond acceptors (Lipinski definition) is 1. The SMILES string of the molecule is [CH2]CCC(C)OCCC. The summed E-state index contributed by atoms with van der Waals surface area (Å²) in [6, 6.07) is 0. The third-order valence-electron chi connectivity index (χ3n) is 1.22. The van der Waals surface area contributed by atoms with Crippen molar-refractivity contribution in [1.29, 1.82) is 0 Å². The van der Waals surface area contributed by atoms with Crippen LogP contribution in [0.4, 0.5) is 0 Å². The third kappa shape index (κ3) is 5.84. The molecule has 1 heteroatoms. The van der Waals surface area contributed by atoms with Crippen molar-refractivity contribution in [1.82, 2.24) is 0 Å². The minimum absolute atomic E-state index is 0.405. The molecule has 0 fully saturated rings. The molecule has 0 saturated heterocycles. The van der Waals surface area contributed by atoms with Crippen LogP contribution in [0.25, 0.3) is 0 Å². The zero-order valence-electron chi connectivity index (χ0n) is 6.52. The Morgan fingerprint density at radius 2 is 2.22 bits per heavy atom. The highest BCUT2D eigenvalue weighted by molar-refractivity contribution is 4.50. The van der Waals surface area contributed by atoms with E-state index < -0.39 is 0 Å². The van der Waals surface area contributed by atoms with E-state index in [1.165, 1.54) is 0 Å². The summed E-state index contributed by atoms with van der Waals surface area (Å²) in [5.41, 5.74) is 0. The van der Waals surface area contributed by atoms with E-state index in [-0.39, 0.29) is 0 Å². The van der Waals surface area contributed by atoms with Crippen molar-refractivity contribution in [2.24, 2.45) is 0 Å². The van der Waals surface area contributed by atoms with Crippen molar-refractivity contribution < 1.29 is 4.74 Å². The van der Waals surface area contributed by atoms with Gasteiger partial charge in [0.15, 0.2) is 0 Å². The van der Waals surface area contributed by atoms with Gasteiger partial charge in [-0.1, -0.05) is 20.3 Å². The summed E-state index contributed by atoms with van der Waals surface area (Å²) in [5, 5.41) is 0. The molecule has 0 rings (SSSR count). The maximum absolute atomic E-state index is 5.39. The Kier molecular flexibility index (Phi) is 6.06. The van der Waals surface area contributed by atoms with Gasteiger partial charge in [-0.05, 0) is 19.8 Å². The van der Waals surface area contributed by atoms with E-state index in [4.69, 9.17) is 4.74 Å². The van der Waals surface area contributed by atoms with E-state index in [0.717, 1.165) is 25.9 Å². The van der Waals surface area contributed by atoms with Crippen molar-refractivity contribution in [2.75, 3.05) is 6.61 Å². The van der Waals surface area contributed by atoms with E-state index in [0.29, 0.717) is 6.10 Å². The van der Waals surface area contributed by atoms with E-state index in [9.17, 15) is 0 Å². The van der Waals surface area contributed by atoms with Crippen LogP contribution in [0, 0.1) is 6.92 Å². The van der Waals surface area contributed by atoms with Gasteiger partial charge in [-0.3, -0.25) is 0 Å². The van der Waals surface area contributed by atoms with Gasteiger partial charge in [0.2, 0.25) is 0 Å². The van der Waals surface area contributed by atoms with Gasteiger partial charge < -0.3 is 4.74 Å². The van der Waals surface area contributed by atoms with Gasteiger partial charge in [-0.25, -0.2) is 0 Å². The fraction of sp³-hybridized carbons (Fsp3) is 0.875. The Labute approximate surface area is 58.4 Å². The first kappa shape index (κ1) is 8.96. The van der Waals surface area contributed by atoms with E-state index in [2.05, 4.69) is 20.8 Å². The van der Waals surface area contributed by atoms with Crippen LogP contribution in [0.1, 0.15) is 33.1 Å². The quantitative estimate of drug-likeness (QED) is 0.554. The average molecular weight is 129 g/mol. The van der Waals surface area contributed by atoms with Gasteiger partial charge in [-0.2, -0.15) is 0 Å². The molecule has 0 aliphatic carbocycles. The fourth-order valence-corrected chi connectivity index (χ4v) is 0.690. The molecule has 0 aromatic heterocycles. The lowest BCUT2D eigenvalue weighted by atomic mass is 10.2. The van der Waals surface area contributed by atoms with Gasteiger partial charge in [0.05, 0.1) is 6.10 Å². The minimum Gasteiger partial charge on any atom is -0.379 e. The first-order valence-electron chi connectivity index (χ1n) is 3.72. The minimum atomic E-state index is 0.405. The zero-order chi connectivity index (χ0) is 7.11.